The molecular weight excluding hydrogens is 424 g/mol. The Bertz CT molecular complexity index is 1190. The second kappa shape index (κ2) is 10.5. The minimum atomic E-state index is -0.171. The van der Waals surface area contributed by atoms with E-state index in [0.29, 0.717) is 17.3 Å². The molecule has 0 spiro atoms. The highest BCUT2D eigenvalue weighted by Gasteiger charge is 2.25. The van der Waals surface area contributed by atoms with Gasteiger partial charge in [-0.1, -0.05) is 30.3 Å². The number of rotatable bonds is 6. The minimum absolute atomic E-state index is 0.0705. The number of aryl methyl sites for hydroxylation is 2. The number of nitrogen functional groups attached to an aromatic ring is 1. The summed E-state index contributed by atoms with van der Waals surface area (Å²) in [5, 5.41) is 6.62. The van der Waals surface area contributed by atoms with Gasteiger partial charge in [0.25, 0.3) is 5.91 Å². The topological polar surface area (TPSA) is 106 Å². The largest absolute Gasteiger partial charge is 0.397 e. The maximum absolute atomic E-state index is 12.6. The molecule has 7 heteroatoms. The molecule has 2 atom stereocenters. The Hall–Kier alpha value is -3.74. The Labute approximate surface area is 200 Å². The van der Waals surface area contributed by atoms with Crippen molar-refractivity contribution in [3.8, 4) is 0 Å². The number of benzene rings is 1. The van der Waals surface area contributed by atoms with E-state index in [4.69, 9.17) is 10.7 Å². The molecule has 4 rings (SSSR count). The van der Waals surface area contributed by atoms with Crippen LogP contribution in [0, 0.1) is 13.8 Å². The number of nitrogens with zero attached hydrogens (tertiary/aromatic N) is 3. The summed E-state index contributed by atoms with van der Waals surface area (Å²) in [4.78, 5) is 26.1. The van der Waals surface area contributed by atoms with Gasteiger partial charge in [0.15, 0.2) is 0 Å². The van der Waals surface area contributed by atoms with Crippen molar-refractivity contribution in [3.05, 3.63) is 82.9 Å². The number of aromatic nitrogens is 3. The van der Waals surface area contributed by atoms with Gasteiger partial charge in [-0.05, 0) is 75.3 Å². The average Bonchev–Trinajstić information content (AvgIpc) is 2.83. The zero-order valence-electron chi connectivity index (χ0n) is 20.0. The van der Waals surface area contributed by atoms with Crippen LogP contribution in [0.4, 0.5) is 11.6 Å². The molecule has 1 aliphatic carbocycles. The van der Waals surface area contributed by atoms with Gasteiger partial charge in [-0.25, -0.2) is 15.0 Å². The van der Waals surface area contributed by atoms with Crippen molar-refractivity contribution in [2.45, 2.75) is 58.5 Å². The SMILES string of the molecule is C/C=C(\c1ccccc1C)c1nc(N[C@@H]2CCC[C@H](NC(=O)c3ccc(N)cn3)C2)ncc1C. The van der Waals surface area contributed by atoms with Crippen molar-refractivity contribution >= 4 is 23.1 Å². The summed E-state index contributed by atoms with van der Waals surface area (Å²) in [5.74, 6) is 0.446. The fourth-order valence-corrected chi connectivity index (χ4v) is 4.51. The summed E-state index contributed by atoms with van der Waals surface area (Å²) in [6, 6.07) is 11.9. The maximum atomic E-state index is 12.6. The first kappa shape index (κ1) is 23.4. The van der Waals surface area contributed by atoms with Crippen LogP contribution in [0.15, 0.2) is 54.9 Å². The minimum Gasteiger partial charge on any atom is -0.397 e. The number of allylic oxidation sites excluding steroid dienone is 1. The van der Waals surface area contributed by atoms with Crippen molar-refractivity contribution in [3.63, 3.8) is 0 Å². The number of nitrogens with two attached hydrogens (primary N) is 1. The molecule has 1 aromatic carbocycles. The zero-order chi connectivity index (χ0) is 24.1. The normalized spacial score (nSPS) is 18.4. The van der Waals surface area contributed by atoms with Gasteiger partial charge in [-0.15, -0.1) is 0 Å². The molecule has 3 aromatic rings. The lowest BCUT2D eigenvalue weighted by atomic mass is 9.91. The number of nitrogens with one attached hydrogen (secondary N) is 2. The van der Waals surface area contributed by atoms with E-state index in [1.807, 2.05) is 26.1 Å². The quantitative estimate of drug-likeness (QED) is 0.497. The maximum Gasteiger partial charge on any atom is 0.270 e. The van der Waals surface area contributed by atoms with E-state index in [9.17, 15) is 4.79 Å². The van der Waals surface area contributed by atoms with E-state index in [2.05, 4.69) is 51.8 Å². The Balaban J connectivity index is 1.46. The van der Waals surface area contributed by atoms with Crippen LogP contribution < -0.4 is 16.4 Å². The number of hydrogen-bond acceptors (Lipinski definition) is 6. The molecule has 176 valence electrons. The number of hydrogen-bond donors (Lipinski definition) is 3. The van der Waals surface area contributed by atoms with Gasteiger partial charge in [0, 0.05) is 23.9 Å². The predicted molar refractivity (Wildman–Crippen MR) is 136 cm³/mol. The third-order valence-electron chi connectivity index (χ3n) is 6.31. The molecule has 1 fully saturated rings. The van der Waals surface area contributed by atoms with Crippen LogP contribution in [-0.4, -0.2) is 32.9 Å². The van der Waals surface area contributed by atoms with Gasteiger partial charge in [-0.2, -0.15) is 0 Å². The Kier molecular flexibility index (Phi) is 7.21. The summed E-state index contributed by atoms with van der Waals surface area (Å²) in [6.45, 7) is 6.20. The number of pyridine rings is 1. The van der Waals surface area contributed by atoms with E-state index in [1.54, 1.807) is 12.1 Å². The van der Waals surface area contributed by atoms with Crippen molar-refractivity contribution in [2.75, 3.05) is 11.1 Å². The molecule has 4 N–H and O–H groups in total. The standard InChI is InChI=1S/C27H32N6O/c1-4-22(23-11-6-5-8-17(23)2)25-18(3)15-30-27(33-25)32-21-10-7-9-20(14-21)31-26(34)24-13-12-19(28)16-29-24/h4-6,8,11-13,15-16,20-21H,7,9-10,14,28H2,1-3H3,(H,31,34)(H,30,32,33)/b22-4+/t20-,21+/m0/s1. The molecule has 0 aliphatic heterocycles. The summed E-state index contributed by atoms with van der Waals surface area (Å²) in [7, 11) is 0. The lowest BCUT2D eigenvalue weighted by molar-refractivity contribution is 0.0921. The highest BCUT2D eigenvalue weighted by atomic mass is 16.1. The number of anilines is 2. The molecule has 0 saturated heterocycles. The molecule has 1 amide bonds. The van der Waals surface area contributed by atoms with E-state index in [0.717, 1.165) is 42.5 Å². The van der Waals surface area contributed by atoms with Gasteiger partial charge >= 0.3 is 0 Å². The molecule has 7 nitrogen and oxygen atoms in total. The summed E-state index contributed by atoms with van der Waals surface area (Å²) in [5.41, 5.74) is 12.1. The molecule has 0 unspecified atom stereocenters. The second-order valence-electron chi connectivity index (χ2n) is 8.90. The van der Waals surface area contributed by atoms with E-state index in [1.165, 1.54) is 17.3 Å². The van der Waals surface area contributed by atoms with Gasteiger partial charge in [0.1, 0.15) is 5.69 Å². The predicted octanol–water partition coefficient (Wildman–Crippen LogP) is 4.68. The van der Waals surface area contributed by atoms with Crippen LogP contribution in [0.25, 0.3) is 5.57 Å². The van der Waals surface area contributed by atoms with Crippen LogP contribution in [0.1, 0.15) is 65.5 Å². The van der Waals surface area contributed by atoms with Crippen LogP contribution in [0.2, 0.25) is 0 Å². The third kappa shape index (κ3) is 5.42. The van der Waals surface area contributed by atoms with Crippen molar-refractivity contribution in [2.24, 2.45) is 0 Å². The van der Waals surface area contributed by atoms with Crippen molar-refractivity contribution in [1.82, 2.24) is 20.3 Å². The van der Waals surface area contributed by atoms with Crippen molar-refractivity contribution < 1.29 is 4.79 Å². The fraction of sp³-hybridized carbons (Fsp3) is 0.333. The third-order valence-corrected chi connectivity index (χ3v) is 6.31. The molecule has 0 bridgehead atoms. The smallest absolute Gasteiger partial charge is 0.270 e. The Morgan fingerprint density at radius 2 is 1.82 bits per heavy atom. The number of carbonyl (C=O) groups excluding carboxylic acids is 1. The first-order chi connectivity index (χ1) is 16.4. The molecule has 2 heterocycles. The van der Waals surface area contributed by atoms with Gasteiger partial charge < -0.3 is 16.4 Å². The van der Waals surface area contributed by atoms with Gasteiger partial charge in [0.05, 0.1) is 17.6 Å². The van der Waals surface area contributed by atoms with Crippen LogP contribution in [0.5, 0.6) is 0 Å². The average molecular weight is 457 g/mol. The Morgan fingerprint density at radius 1 is 1.03 bits per heavy atom. The van der Waals surface area contributed by atoms with Gasteiger partial charge in [0.2, 0.25) is 5.95 Å². The zero-order valence-corrected chi connectivity index (χ0v) is 20.0. The lowest BCUT2D eigenvalue weighted by Crippen LogP contribution is -2.42. The lowest BCUT2D eigenvalue weighted by Gasteiger charge is -2.30. The highest BCUT2D eigenvalue weighted by molar-refractivity contribution is 5.92. The first-order valence-electron chi connectivity index (χ1n) is 11.8. The highest BCUT2D eigenvalue weighted by Crippen LogP contribution is 2.28. The Morgan fingerprint density at radius 3 is 2.56 bits per heavy atom. The second-order valence-corrected chi connectivity index (χ2v) is 8.90. The van der Waals surface area contributed by atoms with E-state index < -0.39 is 0 Å². The molecule has 0 radical (unpaired) electrons. The van der Waals surface area contributed by atoms with E-state index >= 15 is 0 Å². The summed E-state index contributed by atoms with van der Waals surface area (Å²) in [6.07, 6.45) is 9.26. The van der Waals surface area contributed by atoms with Crippen LogP contribution >= 0.6 is 0 Å². The summed E-state index contributed by atoms with van der Waals surface area (Å²) >= 11 is 0. The first-order valence-corrected chi connectivity index (χ1v) is 11.8. The van der Waals surface area contributed by atoms with E-state index in [-0.39, 0.29) is 18.0 Å². The molecule has 1 aliphatic rings. The summed E-state index contributed by atoms with van der Waals surface area (Å²) < 4.78 is 0. The van der Waals surface area contributed by atoms with Crippen LogP contribution in [-0.2, 0) is 0 Å². The fourth-order valence-electron chi connectivity index (χ4n) is 4.51. The molecule has 1 saturated carbocycles. The van der Waals surface area contributed by atoms with Crippen LogP contribution in [0.3, 0.4) is 0 Å². The molecular formula is C27H32N6O. The monoisotopic (exact) mass is 456 g/mol. The van der Waals surface area contributed by atoms with Gasteiger partial charge in [-0.3, -0.25) is 4.79 Å². The molecule has 34 heavy (non-hydrogen) atoms. The number of amides is 1. The number of carbonyl (C=O) groups is 1. The van der Waals surface area contributed by atoms with Crippen molar-refractivity contribution in [1.29, 1.82) is 0 Å². The molecule has 2 aromatic heterocycles.